The van der Waals surface area contributed by atoms with Crippen LogP contribution < -0.4 is 21.7 Å². The molecule has 3 heterocycles. The number of fused-ring (bicyclic) bond motifs is 4. The highest BCUT2D eigenvalue weighted by Gasteiger charge is 2.41. The summed E-state index contributed by atoms with van der Waals surface area (Å²) in [5.74, 6) is -1.89. The molecule has 4 rings (SSSR count). The molecule has 0 spiro atoms. The number of nitrogens with zero attached hydrogens (tertiary/aromatic N) is 2. The SMILES string of the molecule is CC(C/C=C/[C@@H]1CC(=O)NCc2nc(cs2)C2=N[C@@](C)(CS2)C(=O)NC(C(C)C)C(=O)O1)C(=O)Nc1ccccc1N. The maximum Gasteiger partial charge on any atom is 0.329 e. The van der Waals surface area contributed by atoms with E-state index in [1.54, 1.807) is 64.1 Å². The molecule has 5 N–H and O–H groups in total. The number of hydrogen-bond donors (Lipinski definition) is 4. The van der Waals surface area contributed by atoms with Crippen LogP contribution in [0, 0.1) is 11.8 Å². The second kappa shape index (κ2) is 13.5. The molecule has 13 heteroatoms. The van der Waals surface area contributed by atoms with E-state index < -0.39 is 29.6 Å². The number of carbonyl (C=O) groups is 4. The molecule has 2 aromatic rings. The number of carbonyl (C=O) groups excluding carboxylic acids is 4. The Kier molecular flexibility index (Phi) is 10.0. The molecular weight excluding hydrogens is 576 g/mol. The smallest absolute Gasteiger partial charge is 0.329 e. The van der Waals surface area contributed by atoms with Crippen molar-refractivity contribution in [1.29, 1.82) is 0 Å². The molecule has 3 amide bonds. The molecule has 0 saturated carbocycles. The van der Waals surface area contributed by atoms with Crippen molar-refractivity contribution in [2.24, 2.45) is 16.8 Å². The van der Waals surface area contributed by atoms with Crippen molar-refractivity contribution in [3.8, 4) is 0 Å². The Balaban J connectivity index is 1.50. The average Bonchev–Trinajstić information content (AvgIpc) is 3.58. The maximum absolute atomic E-state index is 13.3. The Morgan fingerprint density at radius 2 is 2.02 bits per heavy atom. The summed E-state index contributed by atoms with van der Waals surface area (Å²) in [5, 5.41) is 11.7. The van der Waals surface area contributed by atoms with Gasteiger partial charge in [-0.2, -0.15) is 0 Å². The van der Waals surface area contributed by atoms with Gasteiger partial charge in [0.15, 0.2) is 0 Å². The van der Waals surface area contributed by atoms with Gasteiger partial charge in [-0.3, -0.25) is 19.4 Å². The molecule has 224 valence electrons. The minimum atomic E-state index is -1.07. The van der Waals surface area contributed by atoms with Crippen molar-refractivity contribution in [2.45, 2.75) is 64.8 Å². The van der Waals surface area contributed by atoms with Crippen LogP contribution in [0.4, 0.5) is 11.4 Å². The molecule has 0 aliphatic carbocycles. The Labute approximate surface area is 253 Å². The van der Waals surface area contributed by atoms with Gasteiger partial charge in [0.25, 0.3) is 0 Å². The van der Waals surface area contributed by atoms with Crippen molar-refractivity contribution in [1.82, 2.24) is 15.6 Å². The highest BCUT2D eigenvalue weighted by Crippen LogP contribution is 2.32. The zero-order chi connectivity index (χ0) is 30.4. The van der Waals surface area contributed by atoms with Crippen molar-refractivity contribution in [2.75, 3.05) is 16.8 Å². The van der Waals surface area contributed by atoms with E-state index in [9.17, 15) is 19.2 Å². The molecule has 1 aromatic heterocycles. The van der Waals surface area contributed by atoms with Gasteiger partial charge in [-0.25, -0.2) is 9.78 Å². The molecule has 0 radical (unpaired) electrons. The van der Waals surface area contributed by atoms with E-state index in [2.05, 4.69) is 25.9 Å². The number of nitrogens with one attached hydrogen (secondary N) is 3. The predicted octanol–water partition coefficient (Wildman–Crippen LogP) is 3.27. The number of thiazole rings is 1. The van der Waals surface area contributed by atoms with Crippen LogP contribution in [0.1, 0.15) is 51.2 Å². The topological polar surface area (TPSA) is 165 Å². The maximum atomic E-state index is 13.3. The fraction of sp³-hybridized carbons (Fsp3) is 0.448. The third-order valence-electron chi connectivity index (χ3n) is 6.90. The lowest BCUT2D eigenvalue weighted by Crippen LogP contribution is -2.53. The van der Waals surface area contributed by atoms with Gasteiger partial charge in [0.05, 0.1) is 24.3 Å². The second-order valence-electron chi connectivity index (χ2n) is 10.9. The van der Waals surface area contributed by atoms with E-state index in [1.165, 1.54) is 23.1 Å². The lowest BCUT2D eigenvalue weighted by molar-refractivity contribution is -0.153. The number of amides is 3. The Bertz CT molecular complexity index is 1410. The van der Waals surface area contributed by atoms with Gasteiger partial charge < -0.3 is 26.4 Å². The quantitative estimate of drug-likeness (QED) is 0.219. The van der Waals surface area contributed by atoms with Crippen molar-refractivity contribution in [3.05, 3.63) is 52.5 Å². The molecule has 0 saturated heterocycles. The van der Waals surface area contributed by atoms with E-state index in [4.69, 9.17) is 10.5 Å². The molecule has 2 unspecified atom stereocenters. The van der Waals surface area contributed by atoms with Gasteiger partial charge in [-0.15, -0.1) is 23.1 Å². The number of hydrogen-bond acceptors (Lipinski definition) is 10. The standard InChI is InChI=1S/C29H36N6O5S2/c1-16(2)24-27(38)40-18(9-7-8-17(3)25(37)33-20-11-6-5-10-19(20)30)12-22(36)31-13-23-32-21(14-41-23)26-35-29(4,15-42-26)28(39)34-24/h5-7,9-11,14,16-18,24H,8,12-13,15,30H2,1-4H3,(H,31,36)(H,33,37)(H,34,39)/b9-7+/t17?,18-,24?,29+/m1/s1. The van der Waals surface area contributed by atoms with Gasteiger partial charge in [0, 0.05) is 17.1 Å². The normalized spacial score (nSPS) is 24.1. The summed E-state index contributed by atoms with van der Waals surface area (Å²) in [4.78, 5) is 61.4. The van der Waals surface area contributed by atoms with Gasteiger partial charge in [0.1, 0.15) is 33.4 Å². The summed E-state index contributed by atoms with van der Waals surface area (Å²) in [6.07, 6.45) is 2.59. The first-order chi connectivity index (χ1) is 19.9. The average molecular weight is 613 g/mol. The Hall–Kier alpha value is -3.71. The zero-order valence-electron chi connectivity index (χ0n) is 24.0. The number of anilines is 2. The monoisotopic (exact) mass is 612 g/mol. The van der Waals surface area contributed by atoms with Crippen molar-refractivity contribution in [3.63, 3.8) is 0 Å². The Morgan fingerprint density at radius 1 is 1.26 bits per heavy atom. The molecule has 0 fully saturated rings. The van der Waals surface area contributed by atoms with Crippen LogP contribution in [0.2, 0.25) is 0 Å². The fourth-order valence-corrected chi connectivity index (χ4v) is 6.16. The van der Waals surface area contributed by atoms with E-state index in [0.29, 0.717) is 39.3 Å². The number of benzene rings is 1. The van der Waals surface area contributed by atoms with Crippen molar-refractivity contribution >= 4 is 63.2 Å². The first kappa shape index (κ1) is 31.2. The number of ether oxygens (including phenoxy) is 1. The summed E-state index contributed by atoms with van der Waals surface area (Å²) in [5.41, 5.74) is 6.51. The molecule has 2 aliphatic heterocycles. The van der Waals surface area contributed by atoms with Crippen LogP contribution in [0.25, 0.3) is 0 Å². The number of rotatable bonds is 6. The summed E-state index contributed by atoms with van der Waals surface area (Å²) < 4.78 is 5.77. The number of para-hydroxylation sites is 2. The first-order valence-electron chi connectivity index (χ1n) is 13.7. The molecule has 11 nitrogen and oxygen atoms in total. The summed E-state index contributed by atoms with van der Waals surface area (Å²) >= 11 is 2.82. The number of allylic oxidation sites excluding steroid dienone is 1. The largest absolute Gasteiger partial charge is 0.456 e. The Morgan fingerprint density at radius 3 is 2.76 bits per heavy atom. The number of nitrogens with two attached hydrogens (primary N) is 1. The number of thioether (sulfide) groups is 1. The van der Waals surface area contributed by atoms with Gasteiger partial charge >= 0.3 is 5.97 Å². The lowest BCUT2D eigenvalue weighted by Gasteiger charge is -2.27. The van der Waals surface area contributed by atoms with E-state index in [-0.39, 0.29) is 36.6 Å². The number of aliphatic imine (C=N–C) groups is 1. The minimum Gasteiger partial charge on any atom is -0.456 e. The van der Waals surface area contributed by atoms with Crippen LogP contribution in [0.15, 0.2) is 46.8 Å². The molecule has 1 aromatic carbocycles. The fourth-order valence-electron chi connectivity index (χ4n) is 4.24. The van der Waals surface area contributed by atoms with E-state index in [0.717, 1.165) is 0 Å². The second-order valence-corrected chi connectivity index (χ2v) is 12.8. The lowest BCUT2D eigenvalue weighted by atomic mass is 10.00. The molecule has 4 atom stereocenters. The molecule has 42 heavy (non-hydrogen) atoms. The van der Waals surface area contributed by atoms with Gasteiger partial charge in [-0.05, 0) is 37.5 Å². The highest BCUT2D eigenvalue weighted by molar-refractivity contribution is 8.14. The van der Waals surface area contributed by atoms with Gasteiger partial charge in [0.2, 0.25) is 17.7 Å². The number of nitrogen functional groups attached to an aromatic ring is 1. The predicted molar refractivity (Wildman–Crippen MR) is 165 cm³/mol. The summed E-state index contributed by atoms with van der Waals surface area (Å²) in [6, 6.07) is 6.04. The van der Waals surface area contributed by atoms with Crippen LogP contribution >= 0.6 is 23.1 Å². The summed E-state index contributed by atoms with van der Waals surface area (Å²) in [7, 11) is 0. The zero-order valence-corrected chi connectivity index (χ0v) is 25.6. The molecule has 2 aliphatic rings. The number of esters is 1. The van der Waals surface area contributed by atoms with Crippen LogP contribution in [-0.2, 0) is 30.5 Å². The van der Waals surface area contributed by atoms with Crippen LogP contribution in [0.3, 0.4) is 0 Å². The van der Waals surface area contributed by atoms with Crippen molar-refractivity contribution < 1.29 is 23.9 Å². The van der Waals surface area contributed by atoms with Gasteiger partial charge in [-0.1, -0.05) is 39.0 Å². The van der Waals surface area contributed by atoms with E-state index in [1.807, 2.05) is 5.38 Å². The van der Waals surface area contributed by atoms with E-state index >= 15 is 0 Å². The summed E-state index contributed by atoms with van der Waals surface area (Å²) in [6.45, 7) is 7.31. The third kappa shape index (κ3) is 7.77. The first-order valence-corrected chi connectivity index (χ1v) is 15.6. The highest BCUT2D eigenvalue weighted by atomic mass is 32.2. The molecular formula is C29H36N6O5S2. The third-order valence-corrected chi connectivity index (χ3v) is 9.03. The molecule has 4 bridgehead atoms. The van der Waals surface area contributed by atoms with Crippen LogP contribution in [0.5, 0.6) is 0 Å². The minimum absolute atomic E-state index is 0.138. The van der Waals surface area contributed by atoms with Crippen LogP contribution in [-0.4, -0.2) is 57.2 Å². The number of cyclic esters (lactones) is 1. The number of aromatic nitrogens is 1.